The van der Waals surface area contributed by atoms with Crippen molar-refractivity contribution in [1.82, 2.24) is 0 Å². The number of nitrogens with zero attached hydrogens (tertiary/aromatic N) is 1. The summed E-state index contributed by atoms with van der Waals surface area (Å²) in [6, 6.07) is 12.5. The van der Waals surface area contributed by atoms with Crippen LogP contribution in [0, 0.1) is 10.1 Å². The van der Waals surface area contributed by atoms with Crippen LogP contribution >= 0.6 is 15.9 Å². The highest BCUT2D eigenvalue weighted by molar-refractivity contribution is 9.10. The largest absolute Gasteiger partial charge is 0.456 e. The van der Waals surface area contributed by atoms with Crippen molar-refractivity contribution < 1.29 is 24.0 Å². The summed E-state index contributed by atoms with van der Waals surface area (Å²) < 4.78 is 5.75. The van der Waals surface area contributed by atoms with E-state index in [4.69, 9.17) is 4.74 Å². The average Bonchev–Trinajstić information content (AvgIpc) is 2.68. The van der Waals surface area contributed by atoms with Gasteiger partial charge in [-0.15, -0.1) is 0 Å². The van der Waals surface area contributed by atoms with E-state index in [0.29, 0.717) is 11.4 Å². The number of esters is 1. The number of hydrogen-bond acceptors (Lipinski definition) is 6. The van der Waals surface area contributed by atoms with Crippen LogP contribution in [0.4, 0.5) is 17.1 Å². The fourth-order valence-electron chi connectivity index (χ4n) is 2.26. The molecule has 0 atom stereocenters. The second kappa shape index (κ2) is 10.9. The first-order valence-corrected chi connectivity index (χ1v) is 9.38. The molecule has 9 nitrogen and oxygen atoms in total. The van der Waals surface area contributed by atoms with Crippen LogP contribution in [-0.4, -0.2) is 29.3 Å². The Hall–Kier alpha value is -3.27. The number of non-ortho nitro benzene ring substituents is 1. The second-order valence-electron chi connectivity index (χ2n) is 5.92. The summed E-state index contributed by atoms with van der Waals surface area (Å²) in [6.45, 7) is -0.422. The zero-order chi connectivity index (χ0) is 21.2. The van der Waals surface area contributed by atoms with Gasteiger partial charge in [-0.1, -0.05) is 22.0 Å². The first-order chi connectivity index (χ1) is 13.8. The molecule has 0 saturated carbocycles. The summed E-state index contributed by atoms with van der Waals surface area (Å²) in [5.41, 5.74) is 0.747. The van der Waals surface area contributed by atoms with Gasteiger partial charge >= 0.3 is 5.97 Å². The van der Waals surface area contributed by atoms with Crippen LogP contribution in [0.1, 0.15) is 19.3 Å². The van der Waals surface area contributed by atoms with Crippen molar-refractivity contribution >= 4 is 50.8 Å². The summed E-state index contributed by atoms with van der Waals surface area (Å²) in [6.07, 6.45) is 0.213. The van der Waals surface area contributed by atoms with Gasteiger partial charge in [-0.3, -0.25) is 24.5 Å². The third-order valence-electron chi connectivity index (χ3n) is 3.62. The number of carbonyl (C=O) groups is 3. The van der Waals surface area contributed by atoms with Gasteiger partial charge in [0.05, 0.1) is 4.92 Å². The van der Waals surface area contributed by atoms with Crippen LogP contribution in [0.2, 0.25) is 0 Å². The maximum absolute atomic E-state index is 11.9. The summed E-state index contributed by atoms with van der Waals surface area (Å²) in [5.74, 6) is -1.45. The van der Waals surface area contributed by atoms with E-state index in [1.54, 1.807) is 24.3 Å². The fourth-order valence-corrected chi connectivity index (χ4v) is 2.53. The smallest absolute Gasteiger partial charge is 0.306 e. The van der Waals surface area contributed by atoms with Crippen LogP contribution < -0.4 is 10.6 Å². The van der Waals surface area contributed by atoms with Gasteiger partial charge in [0.1, 0.15) is 0 Å². The molecule has 0 bridgehead atoms. The minimum atomic E-state index is -0.598. The number of nitro benzene ring substituents is 1. The number of hydrogen-bond donors (Lipinski definition) is 2. The number of ether oxygens (including phenoxy) is 1. The molecule has 0 aliphatic heterocycles. The number of rotatable bonds is 9. The van der Waals surface area contributed by atoms with Crippen molar-refractivity contribution in [2.45, 2.75) is 19.3 Å². The monoisotopic (exact) mass is 463 g/mol. The SMILES string of the molecule is O=C(CCCC(=O)OCC(=O)Nc1ccc(Br)cc1)Nc1cccc([N+](=O)[O-])c1. The molecular formula is C19H18BrN3O6. The number of nitro groups is 1. The molecule has 0 radical (unpaired) electrons. The van der Waals surface area contributed by atoms with Crippen molar-refractivity contribution in [3.63, 3.8) is 0 Å². The average molecular weight is 464 g/mol. The lowest BCUT2D eigenvalue weighted by molar-refractivity contribution is -0.384. The molecule has 0 aliphatic rings. The van der Waals surface area contributed by atoms with E-state index < -0.39 is 23.4 Å². The Labute approximate surface area is 174 Å². The molecule has 0 aromatic heterocycles. The van der Waals surface area contributed by atoms with Gasteiger partial charge in [-0.2, -0.15) is 0 Å². The van der Waals surface area contributed by atoms with Crippen molar-refractivity contribution in [3.05, 3.63) is 63.1 Å². The van der Waals surface area contributed by atoms with Crippen molar-refractivity contribution in [3.8, 4) is 0 Å². The Morgan fingerprint density at radius 1 is 0.966 bits per heavy atom. The molecule has 0 fully saturated rings. The highest BCUT2D eigenvalue weighted by Gasteiger charge is 2.11. The number of halogens is 1. The quantitative estimate of drug-likeness (QED) is 0.331. The zero-order valence-electron chi connectivity index (χ0n) is 15.2. The Morgan fingerprint density at radius 2 is 1.66 bits per heavy atom. The maximum Gasteiger partial charge on any atom is 0.306 e. The lowest BCUT2D eigenvalue weighted by atomic mass is 10.2. The molecule has 0 unspecified atom stereocenters. The van der Waals surface area contributed by atoms with Crippen LogP contribution in [0.15, 0.2) is 53.0 Å². The van der Waals surface area contributed by atoms with E-state index in [2.05, 4.69) is 26.6 Å². The molecule has 152 valence electrons. The molecule has 29 heavy (non-hydrogen) atoms. The van der Waals surface area contributed by atoms with E-state index in [1.165, 1.54) is 24.3 Å². The van der Waals surface area contributed by atoms with E-state index in [0.717, 1.165) is 4.47 Å². The molecule has 2 aromatic carbocycles. The minimum Gasteiger partial charge on any atom is -0.456 e. The van der Waals surface area contributed by atoms with Crippen molar-refractivity contribution in [2.24, 2.45) is 0 Å². The number of anilines is 2. The standard InChI is InChI=1S/C19H18BrN3O6/c20-13-7-9-14(10-8-13)21-18(25)12-29-19(26)6-2-5-17(24)22-15-3-1-4-16(11-15)23(27)28/h1,3-4,7-11H,2,5-6,12H2,(H,21,25)(H,22,24). The van der Waals surface area contributed by atoms with E-state index in [1.807, 2.05) is 0 Å². The van der Waals surface area contributed by atoms with Gasteiger partial charge in [0, 0.05) is 40.8 Å². The zero-order valence-corrected chi connectivity index (χ0v) is 16.8. The van der Waals surface area contributed by atoms with Gasteiger partial charge in [0.15, 0.2) is 6.61 Å². The van der Waals surface area contributed by atoms with Crippen LogP contribution in [0.3, 0.4) is 0 Å². The van der Waals surface area contributed by atoms with Gasteiger partial charge in [0.25, 0.3) is 11.6 Å². The third-order valence-corrected chi connectivity index (χ3v) is 4.15. The first kappa shape index (κ1) is 22.0. The fraction of sp³-hybridized carbons (Fsp3) is 0.211. The highest BCUT2D eigenvalue weighted by atomic mass is 79.9. The van der Waals surface area contributed by atoms with Crippen molar-refractivity contribution in [2.75, 3.05) is 17.2 Å². The number of nitrogens with one attached hydrogen (secondary N) is 2. The van der Waals surface area contributed by atoms with Crippen molar-refractivity contribution in [1.29, 1.82) is 0 Å². The molecule has 0 aliphatic carbocycles. The lowest BCUT2D eigenvalue weighted by Gasteiger charge is -2.07. The van der Waals surface area contributed by atoms with Gasteiger partial charge in [-0.25, -0.2) is 0 Å². The Morgan fingerprint density at radius 3 is 2.34 bits per heavy atom. The molecule has 0 heterocycles. The number of amides is 2. The topological polar surface area (TPSA) is 128 Å². The molecule has 2 amide bonds. The molecule has 2 N–H and O–H groups in total. The van der Waals surface area contributed by atoms with Gasteiger partial charge in [0.2, 0.25) is 5.91 Å². The predicted octanol–water partition coefficient (Wildman–Crippen LogP) is 3.65. The van der Waals surface area contributed by atoms with Crippen LogP contribution in [0.25, 0.3) is 0 Å². The second-order valence-corrected chi connectivity index (χ2v) is 6.84. The Kier molecular flexibility index (Phi) is 8.28. The van der Waals surface area contributed by atoms with Gasteiger partial charge in [-0.05, 0) is 36.8 Å². The number of benzene rings is 2. The maximum atomic E-state index is 11.9. The molecule has 0 spiro atoms. The molecule has 10 heteroatoms. The summed E-state index contributed by atoms with van der Waals surface area (Å²) in [7, 11) is 0. The Bertz CT molecular complexity index is 901. The molecule has 0 saturated heterocycles. The van der Waals surface area contributed by atoms with Crippen LogP contribution in [-0.2, 0) is 19.1 Å². The summed E-state index contributed by atoms with van der Waals surface area (Å²) in [5, 5.41) is 15.8. The predicted molar refractivity (Wildman–Crippen MR) is 109 cm³/mol. The van der Waals surface area contributed by atoms with E-state index >= 15 is 0 Å². The number of carbonyl (C=O) groups excluding carboxylic acids is 3. The molecule has 2 rings (SSSR count). The minimum absolute atomic E-state index is 0.0306. The Balaban J connectivity index is 1.65. The van der Waals surface area contributed by atoms with Gasteiger partial charge < -0.3 is 15.4 Å². The lowest BCUT2D eigenvalue weighted by Crippen LogP contribution is -2.21. The summed E-state index contributed by atoms with van der Waals surface area (Å²) >= 11 is 3.29. The molecular weight excluding hydrogens is 446 g/mol. The first-order valence-electron chi connectivity index (χ1n) is 8.59. The highest BCUT2D eigenvalue weighted by Crippen LogP contribution is 2.17. The third kappa shape index (κ3) is 8.09. The normalized spacial score (nSPS) is 10.1. The summed E-state index contributed by atoms with van der Waals surface area (Å²) in [4.78, 5) is 45.5. The van der Waals surface area contributed by atoms with E-state index in [9.17, 15) is 24.5 Å². The van der Waals surface area contributed by atoms with E-state index in [-0.39, 0.29) is 30.9 Å². The molecule has 2 aromatic rings. The van der Waals surface area contributed by atoms with Crippen LogP contribution in [0.5, 0.6) is 0 Å².